The van der Waals surface area contributed by atoms with Crippen molar-refractivity contribution in [2.24, 2.45) is 0 Å². The number of alkyl halides is 1. The molecule has 0 saturated heterocycles. The first-order valence-corrected chi connectivity index (χ1v) is 5.17. The van der Waals surface area contributed by atoms with E-state index in [1.165, 1.54) is 0 Å². The highest BCUT2D eigenvalue weighted by Gasteiger charge is 2.13. The molecule has 1 heterocycles. The summed E-state index contributed by atoms with van der Waals surface area (Å²) in [5.74, 6) is 2.76. The zero-order valence-electron chi connectivity index (χ0n) is 8.11. The zero-order chi connectivity index (χ0) is 10.5. The van der Waals surface area contributed by atoms with Crippen LogP contribution in [0, 0.1) is 0 Å². The van der Waals surface area contributed by atoms with Crippen LogP contribution in [0.2, 0.25) is 0 Å². The summed E-state index contributed by atoms with van der Waals surface area (Å²) in [5, 5.41) is 0. The minimum Gasteiger partial charge on any atom is -0.489 e. The molecule has 1 aromatic rings. The van der Waals surface area contributed by atoms with Gasteiger partial charge in [0.2, 0.25) is 6.79 Å². The Morgan fingerprint density at radius 3 is 3.00 bits per heavy atom. The van der Waals surface area contributed by atoms with Crippen LogP contribution < -0.4 is 14.2 Å². The van der Waals surface area contributed by atoms with E-state index in [9.17, 15) is 0 Å². The van der Waals surface area contributed by atoms with Gasteiger partial charge in [-0.15, -0.1) is 11.6 Å². The highest BCUT2D eigenvalue weighted by atomic mass is 35.5. The topological polar surface area (TPSA) is 27.7 Å². The molecule has 0 atom stereocenters. The summed E-state index contributed by atoms with van der Waals surface area (Å²) in [4.78, 5) is 0. The van der Waals surface area contributed by atoms with Crippen molar-refractivity contribution < 1.29 is 14.2 Å². The molecule has 15 heavy (non-hydrogen) atoms. The van der Waals surface area contributed by atoms with Crippen LogP contribution in [0.4, 0.5) is 0 Å². The molecule has 80 valence electrons. The number of fused-ring (bicyclic) bond motifs is 1. The van der Waals surface area contributed by atoms with Gasteiger partial charge in [-0.1, -0.05) is 12.2 Å². The predicted molar refractivity (Wildman–Crippen MR) is 57.9 cm³/mol. The SMILES string of the molecule is ClCC=CCOc1ccc2c(c1)OCO2. The molecule has 0 fully saturated rings. The van der Waals surface area contributed by atoms with Crippen LogP contribution in [-0.2, 0) is 0 Å². The first-order chi connectivity index (χ1) is 7.40. The number of ether oxygens (including phenoxy) is 3. The van der Waals surface area contributed by atoms with E-state index in [1.807, 2.05) is 30.4 Å². The van der Waals surface area contributed by atoms with Crippen molar-refractivity contribution in [3.63, 3.8) is 0 Å². The van der Waals surface area contributed by atoms with E-state index < -0.39 is 0 Å². The minimum atomic E-state index is 0.283. The van der Waals surface area contributed by atoms with E-state index >= 15 is 0 Å². The lowest BCUT2D eigenvalue weighted by molar-refractivity contribution is 0.174. The van der Waals surface area contributed by atoms with Gasteiger partial charge >= 0.3 is 0 Å². The van der Waals surface area contributed by atoms with Gasteiger partial charge in [-0.05, 0) is 12.1 Å². The molecule has 0 aromatic heterocycles. The third-order valence-corrected chi connectivity index (χ3v) is 2.12. The van der Waals surface area contributed by atoms with E-state index in [2.05, 4.69) is 0 Å². The Bertz CT molecular complexity index is 363. The molecule has 0 saturated carbocycles. The summed E-state index contributed by atoms with van der Waals surface area (Å²) in [6, 6.07) is 5.50. The number of hydrogen-bond acceptors (Lipinski definition) is 3. The van der Waals surface area contributed by atoms with Crippen molar-refractivity contribution in [1.82, 2.24) is 0 Å². The molecule has 4 heteroatoms. The molecule has 0 unspecified atom stereocenters. The molecule has 0 bridgehead atoms. The fraction of sp³-hybridized carbons (Fsp3) is 0.273. The maximum Gasteiger partial charge on any atom is 0.231 e. The molecule has 0 N–H and O–H groups in total. The predicted octanol–water partition coefficient (Wildman–Crippen LogP) is 2.59. The summed E-state index contributed by atoms with van der Waals surface area (Å²) in [6.45, 7) is 0.789. The minimum absolute atomic E-state index is 0.283. The Morgan fingerprint density at radius 1 is 1.27 bits per heavy atom. The van der Waals surface area contributed by atoms with E-state index in [4.69, 9.17) is 25.8 Å². The molecule has 1 aliphatic rings. The van der Waals surface area contributed by atoms with Gasteiger partial charge in [-0.3, -0.25) is 0 Å². The second-order valence-corrected chi connectivity index (χ2v) is 3.26. The quantitative estimate of drug-likeness (QED) is 0.584. The van der Waals surface area contributed by atoms with Gasteiger partial charge < -0.3 is 14.2 Å². The summed E-state index contributed by atoms with van der Waals surface area (Å²) in [5.41, 5.74) is 0. The fourth-order valence-corrected chi connectivity index (χ4v) is 1.37. The van der Waals surface area contributed by atoms with Crippen LogP contribution >= 0.6 is 11.6 Å². The van der Waals surface area contributed by atoms with Gasteiger partial charge in [0.25, 0.3) is 0 Å². The fourth-order valence-electron chi connectivity index (χ4n) is 1.24. The summed E-state index contributed by atoms with van der Waals surface area (Å²) >= 11 is 5.48. The van der Waals surface area contributed by atoms with Gasteiger partial charge in [-0.2, -0.15) is 0 Å². The highest BCUT2D eigenvalue weighted by Crippen LogP contribution is 2.34. The summed E-state index contributed by atoms with van der Waals surface area (Å²) < 4.78 is 15.9. The average Bonchev–Trinajstić information content (AvgIpc) is 2.71. The Balaban J connectivity index is 1.95. The molecule has 0 spiro atoms. The van der Waals surface area contributed by atoms with Crippen LogP contribution in [0.1, 0.15) is 0 Å². The number of benzene rings is 1. The van der Waals surface area contributed by atoms with Crippen LogP contribution in [0.5, 0.6) is 17.2 Å². The highest BCUT2D eigenvalue weighted by molar-refractivity contribution is 6.18. The zero-order valence-corrected chi connectivity index (χ0v) is 8.87. The maximum absolute atomic E-state index is 5.48. The smallest absolute Gasteiger partial charge is 0.231 e. The Morgan fingerprint density at radius 2 is 2.13 bits per heavy atom. The molecular formula is C11H11ClO3. The third-order valence-electron chi connectivity index (χ3n) is 1.95. The molecular weight excluding hydrogens is 216 g/mol. The second-order valence-electron chi connectivity index (χ2n) is 2.95. The molecule has 3 nitrogen and oxygen atoms in total. The molecule has 0 radical (unpaired) electrons. The molecule has 0 amide bonds. The molecule has 1 aliphatic heterocycles. The first kappa shape index (κ1) is 10.2. The molecule has 1 aromatic carbocycles. The number of halogens is 1. The third kappa shape index (κ3) is 2.57. The normalized spacial score (nSPS) is 13.4. The van der Waals surface area contributed by atoms with E-state index in [1.54, 1.807) is 0 Å². The van der Waals surface area contributed by atoms with Crippen LogP contribution in [-0.4, -0.2) is 19.3 Å². The monoisotopic (exact) mass is 226 g/mol. The second kappa shape index (κ2) is 4.94. The van der Waals surface area contributed by atoms with Crippen molar-refractivity contribution in [2.45, 2.75) is 0 Å². The van der Waals surface area contributed by atoms with Crippen molar-refractivity contribution in [2.75, 3.05) is 19.3 Å². The van der Waals surface area contributed by atoms with E-state index in [0.717, 1.165) is 17.2 Å². The summed E-state index contributed by atoms with van der Waals surface area (Å²) in [7, 11) is 0. The Hall–Kier alpha value is -1.35. The van der Waals surface area contributed by atoms with Crippen LogP contribution in [0.25, 0.3) is 0 Å². The molecule has 0 aliphatic carbocycles. The average molecular weight is 227 g/mol. The Labute approximate surface area is 93.2 Å². The van der Waals surface area contributed by atoms with Crippen molar-refractivity contribution in [3.8, 4) is 17.2 Å². The maximum atomic E-state index is 5.48. The van der Waals surface area contributed by atoms with E-state index in [0.29, 0.717) is 12.5 Å². The van der Waals surface area contributed by atoms with Gasteiger partial charge in [0.1, 0.15) is 12.4 Å². The largest absolute Gasteiger partial charge is 0.489 e. The lowest BCUT2D eigenvalue weighted by Crippen LogP contribution is -1.93. The number of allylic oxidation sites excluding steroid dienone is 1. The summed E-state index contributed by atoms with van der Waals surface area (Å²) in [6.07, 6.45) is 3.71. The standard InChI is InChI=1S/C11H11ClO3/c12-5-1-2-6-13-9-3-4-10-11(7-9)15-8-14-10/h1-4,7H,5-6,8H2. The first-order valence-electron chi connectivity index (χ1n) is 4.63. The van der Waals surface area contributed by atoms with Crippen LogP contribution in [0.3, 0.4) is 0 Å². The van der Waals surface area contributed by atoms with Crippen LogP contribution in [0.15, 0.2) is 30.4 Å². The van der Waals surface area contributed by atoms with Gasteiger partial charge in [0.15, 0.2) is 11.5 Å². The van der Waals surface area contributed by atoms with Gasteiger partial charge in [0, 0.05) is 11.9 Å². The van der Waals surface area contributed by atoms with Gasteiger partial charge in [-0.25, -0.2) is 0 Å². The van der Waals surface area contributed by atoms with Gasteiger partial charge in [0.05, 0.1) is 0 Å². The van der Waals surface area contributed by atoms with Crippen molar-refractivity contribution in [3.05, 3.63) is 30.4 Å². The lowest BCUT2D eigenvalue weighted by atomic mass is 10.3. The van der Waals surface area contributed by atoms with E-state index in [-0.39, 0.29) is 6.79 Å². The van der Waals surface area contributed by atoms with Crippen molar-refractivity contribution in [1.29, 1.82) is 0 Å². The number of hydrogen-bond donors (Lipinski definition) is 0. The number of rotatable bonds is 4. The van der Waals surface area contributed by atoms with Crippen molar-refractivity contribution >= 4 is 11.6 Å². The Kier molecular flexibility index (Phi) is 3.35. The lowest BCUT2D eigenvalue weighted by Gasteiger charge is -2.03. The molecule has 2 rings (SSSR count).